The largest absolute Gasteiger partial charge is 0.459 e. The Morgan fingerprint density at radius 2 is 1.61 bits per heavy atom. The average Bonchev–Trinajstić information content (AvgIpc) is 3.69. The zero-order valence-corrected chi connectivity index (χ0v) is 21.8. The van der Waals surface area contributed by atoms with Gasteiger partial charge in [-0.15, -0.1) is 0 Å². The maximum atomic E-state index is 13.5. The summed E-state index contributed by atoms with van der Waals surface area (Å²) in [5.41, 5.74) is 2.99. The Labute approximate surface area is 223 Å². The number of piperazine rings is 1. The molecule has 0 aliphatic carbocycles. The first-order chi connectivity index (χ1) is 18.5. The minimum atomic E-state index is -0.363. The first-order valence-electron chi connectivity index (χ1n) is 13.4. The highest BCUT2D eigenvalue weighted by atomic mass is 16.3. The summed E-state index contributed by atoms with van der Waals surface area (Å²) in [4.78, 5) is 45.4. The lowest BCUT2D eigenvalue weighted by molar-refractivity contribution is -0.133. The molecule has 1 aromatic heterocycles. The topological polar surface area (TPSA) is 86.1 Å². The molecule has 5 rings (SSSR count). The molecule has 38 heavy (non-hydrogen) atoms. The normalized spacial score (nSPS) is 16.4. The van der Waals surface area contributed by atoms with Crippen LogP contribution in [0.4, 0.5) is 11.4 Å². The van der Waals surface area contributed by atoms with Gasteiger partial charge in [-0.1, -0.05) is 37.3 Å². The van der Waals surface area contributed by atoms with E-state index in [0.29, 0.717) is 37.4 Å². The van der Waals surface area contributed by atoms with Gasteiger partial charge in [0.2, 0.25) is 5.91 Å². The number of nitrogens with zero attached hydrogens (tertiary/aromatic N) is 3. The Balaban J connectivity index is 1.33. The van der Waals surface area contributed by atoms with Gasteiger partial charge in [0.15, 0.2) is 5.76 Å². The molecule has 2 aliphatic heterocycles. The molecule has 198 valence electrons. The van der Waals surface area contributed by atoms with Gasteiger partial charge < -0.3 is 24.4 Å². The second-order valence-corrected chi connectivity index (χ2v) is 9.85. The minimum Gasteiger partial charge on any atom is -0.459 e. The van der Waals surface area contributed by atoms with Crippen molar-refractivity contribution in [2.75, 3.05) is 49.5 Å². The smallest absolute Gasteiger partial charge is 0.291 e. The lowest BCUT2D eigenvalue weighted by atomic mass is 9.94. The van der Waals surface area contributed by atoms with Crippen molar-refractivity contribution < 1.29 is 18.8 Å². The Bertz CT molecular complexity index is 1260. The highest BCUT2D eigenvalue weighted by Crippen LogP contribution is 2.29. The molecule has 1 atom stereocenters. The van der Waals surface area contributed by atoms with Crippen molar-refractivity contribution >= 4 is 29.1 Å². The molecule has 3 heterocycles. The zero-order valence-electron chi connectivity index (χ0n) is 21.8. The Hall–Kier alpha value is -4.07. The number of anilines is 2. The summed E-state index contributed by atoms with van der Waals surface area (Å²) in [6.45, 7) is 5.98. The van der Waals surface area contributed by atoms with E-state index in [1.54, 1.807) is 18.2 Å². The van der Waals surface area contributed by atoms with Gasteiger partial charge in [-0.05, 0) is 55.2 Å². The maximum Gasteiger partial charge on any atom is 0.291 e. The van der Waals surface area contributed by atoms with Crippen LogP contribution in [0.1, 0.15) is 58.6 Å². The van der Waals surface area contributed by atoms with Crippen molar-refractivity contribution in [1.29, 1.82) is 0 Å². The standard InChI is InChI=1S/C30H34N4O4/c1-2-24(22-9-4-3-5-10-22)29(36)34-18-16-32(17-19-34)26-13-12-23(31-28(35)27-11-8-20-38-27)21-25(26)30(37)33-14-6-7-15-33/h3-5,8-13,20-21,24H,2,6-7,14-19H2,1H3,(H,31,35). The van der Waals surface area contributed by atoms with Crippen LogP contribution in [-0.4, -0.2) is 66.8 Å². The predicted molar refractivity (Wildman–Crippen MR) is 147 cm³/mol. The predicted octanol–water partition coefficient (Wildman–Crippen LogP) is 4.61. The Kier molecular flexibility index (Phi) is 7.77. The number of likely N-dealkylation sites (tertiary alicyclic amines) is 1. The molecular weight excluding hydrogens is 480 g/mol. The maximum absolute atomic E-state index is 13.5. The summed E-state index contributed by atoms with van der Waals surface area (Å²) in [5, 5.41) is 2.84. The van der Waals surface area contributed by atoms with Crippen LogP contribution in [0.15, 0.2) is 71.3 Å². The molecule has 0 radical (unpaired) electrons. The highest BCUT2D eigenvalue weighted by Gasteiger charge is 2.30. The number of amides is 3. The fourth-order valence-electron chi connectivity index (χ4n) is 5.38. The number of furan rings is 1. The van der Waals surface area contributed by atoms with Crippen LogP contribution in [-0.2, 0) is 4.79 Å². The molecule has 0 saturated carbocycles. The summed E-state index contributed by atoms with van der Waals surface area (Å²) >= 11 is 0. The molecule has 2 aromatic carbocycles. The third kappa shape index (κ3) is 5.44. The highest BCUT2D eigenvalue weighted by molar-refractivity contribution is 6.05. The van der Waals surface area contributed by atoms with Crippen molar-refractivity contribution in [1.82, 2.24) is 9.80 Å². The molecule has 3 amide bonds. The summed E-state index contributed by atoms with van der Waals surface area (Å²) in [7, 11) is 0. The van der Waals surface area contributed by atoms with Crippen LogP contribution in [0, 0.1) is 0 Å². The van der Waals surface area contributed by atoms with Gasteiger partial charge in [0.25, 0.3) is 11.8 Å². The van der Waals surface area contributed by atoms with Crippen molar-refractivity contribution in [2.45, 2.75) is 32.1 Å². The molecule has 8 nitrogen and oxygen atoms in total. The van der Waals surface area contributed by atoms with Crippen LogP contribution in [0.5, 0.6) is 0 Å². The zero-order chi connectivity index (χ0) is 26.5. The van der Waals surface area contributed by atoms with Crippen LogP contribution in [0.3, 0.4) is 0 Å². The van der Waals surface area contributed by atoms with Gasteiger partial charge in [-0.25, -0.2) is 0 Å². The molecular formula is C30H34N4O4. The van der Waals surface area contributed by atoms with E-state index >= 15 is 0 Å². The van der Waals surface area contributed by atoms with Gasteiger partial charge in [0.05, 0.1) is 17.7 Å². The van der Waals surface area contributed by atoms with Crippen LogP contribution in [0.2, 0.25) is 0 Å². The summed E-state index contributed by atoms with van der Waals surface area (Å²) in [6.07, 6.45) is 4.20. The van der Waals surface area contributed by atoms with E-state index < -0.39 is 0 Å². The molecule has 0 spiro atoms. The summed E-state index contributed by atoms with van der Waals surface area (Å²) in [6, 6.07) is 18.7. The van der Waals surface area contributed by atoms with E-state index in [0.717, 1.165) is 43.6 Å². The molecule has 3 aromatic rings. The molecule has 0 bridgehead atoms. The number of benzene rings is 2. The molecule has 2 aliphatic rings. The van der Waals surface area contributed by atoms with Gasteiger partial charge in [-0.2, -0.15) is 0 Å². The van der Waals surface area contributed by atoms with Crippen molar-refractivity contribution in [3.8, 4) is 0 Å². The first kappa shape index (κ1) is 25.6. The fourth-order valence-corrected chi connectivity index (χ4v) is 5.38. The molecule has 2 fully saturated rings. The van der Waals surface area contributed by atoms with E-state index in [1.165, 1.54) is 6.26 Å². The number of hydrogen-bond donors (Lipinski definition) is 1. The van der Waals surface area contributed by atoms with Crippen LogP contribution in [0.25, 0.3) is 0 Å². The third-order valence-electron chi connectivity index (χ3n) is 7.46. The quantitative estimate of drug-likeness (QED) is 0.498. The number of rotatable bonds is 7. The van der Waals surface area contributed by atoms with E-state index in [9.17, 15) is 14.4 Å². The van der Waals surface area contributed by atoms with Crippen LogP contribution >= 0.6 is 0 Å². The molecule has 1 N–H and O–H groups in total. The van der Waals surface area contributed by atoms with Crippen molar-refractivity contribution in [2.24, 2.45) is 0 Å². The molecule has 8 heteroatoms. The van der Waals surface area contributed by atoms with Gasteiger partial charge in [0, 0.05) is 50.6 Å². The second kappa shape index (κ2) is 11.5. The monoisotopic (exact) mass is 514 g/mol. The lowest BCUT2D eigenvalue weighted by Crippen LogP contribution is -2.50. The van der Waals surface area contributed by atoms with E-state index in [4.69, 9.17) is 4.42 Å². The average molecular weight is 515 g/mol. The Morgan fingerprint density at radius 1 is 0.868 bits per heavy atom. The van der Waals surface area contributed by atoms with Gasteiger partial charge >= 0.3 is 0 Å². The summed E-state index contributed by atoms with van der Waals surface area (Å²) in [5.74, 6) is -0.170. The van der Waals surface area contributed by atoms with Crippen LogP contribution < -0.4 is 10.2 Å². The SMILES string of the molecule is CCC(C(=O)N1CCN(c2ccc(NC(=O)c3ccco3)cc2C(=O)N2CCCC2)CC1)c1ccccc1. The minimum absolute atomic E-state index is 0.0276. The fraction of sp³-hybridized carbons (Fsp3) is 0.367. The van der Waals surface area contributed by atoms with E-state index in [2.05, 4.69) is 10.2 Å². The van der Waals surface area contributed by atoms with E-state index in [-0.39, 0.29) is 29.4 Å². The number of carbonyl (C=O) groups is 3. The molecule has 1 unspecified atom stereocenters. The van der Waals surface area contributed by atoms with E-state index in [1.807, 2.05) is 59.2 Å². The second-order valence-electron chi connectivity index (χ2n) is 9.85. The number of nitrogens with one attached hydrogen (secondary N) is 1. The number of hydrogen-bond acceptors (Lipinski definition) is 5. The lowest BCUT2D eigenvalue weighted by Gasteiger charge is -2.38. The first-order valence-corrected chi connectivity index (χ1v) is 13.4. The number of carbonyl (C=O) groups excluding carboxylic acids is 3. The van der Waals surface area contributed by atoms with Crippen molar-refractivity contribution in [3.05, 3.63) is 83.8 Å². The molecule has 2 saturated heterocycles. The Morgan fingerprint density at radius 3 is 2.26 bits per heavy atom. The summed E-state index contributed by atoms with van der Waals surface area (Å²) < 4.78 is 5.20. The van der Waals surface area contributed by atoms with Gasteiger partial charge in [-0.3, -0.25) is 14.4 Å². The third-order valence-corrected chi connectivity index (χ3v) is 7.46. The van der Waals surface area contributed by atoms with Gasteiger partial charge in [0.1, 0.15) is 0 Å². The van der Waals surface area contributed by atoms with Crippen molar-refractivity contribution in [3.63, 3.8) is 0 Å².